The fourth-order valence-electron chi connectivity index (χ4n) is 5.63. The van der Waals surface area contributed by atoms with Crippen LogP contribution in [0.3, 0.4) is 0 Å². The van der Waals surface area contributed by atoms with Crippen LogP contribution in [0.25, 0.3) is 70.3 Å². The summed E-state index contributed by atoms with van der Waals surface area (Å²) >= 11 is 0. The van der Waals surface area contributed by atoms with E-state index in [1.165, 1.54) is 0 Å². The summed E-state index contributed by atoms with van der Waals surface area (Å²) < 4.78 is 0. The van der Waals surface area contributed by atoms with Gasteiger partial charge in [0.2, 0.25) is 6.19 Å². The van der Waals surface area contributed by atoms with Crippen molar-refractivity contribution in [2.45, 2.75) is 0 Å². The molecule has 0 spiro atoms. The van der Waals surface area contributed by atoms with E-state index in [2.05, 4.69) is 87.8 Å². The van der Waals surface area contributed by atoms with Crippen LogP contribution in [0.2, 0.25) is 0 Å². The van der Waals surface area contributed by atoms with Crippen molar-refractivity contribution in [1.82, 2.24) is 0 Å². The van der Waals surface area contributed by atoms with Crippen LogP contribution in [-0.2, 0) is 0 Å². The third-order valence-electron chi connectivity index (χ3n) is 7.32. The van der Waals surface area contributed by atoms with E-state index >= 15 is 0 Å². The number of hydrogen-bond acceptors (Lipinski definition) is 3. The van der Waals surface area contributed by atoms with Crippen molar-refractivity contribution in [2.75, 3.05) is 0 Å². The van der Waals surface area contributed by atoms with E-state index in [-0.39, 0.29) is 0 Å². The van der Waals surface area contributed by atoms with Gasteiger partial charge in [-0.25, -0.2) is 0 Å². The Bertz CT molecular complexity index is 2070. The maximum absolute atomic E-state index is 9.58. The van der Waals surface area contributed by atoms with Gasteiger partial charge < -0.3 is 0 Å². The van der Waals surface area contributed by atoms with Gasteiger partial charge in [0.25, 0.3) is 0 Å². The lowest BCUT2D eigenvalue weighted by molar-refractivity contribution is 1.37. The first-order chi connectivity index (χ1) is 18.8. The van der Waals surface area contributed by atoms with Gasteiger partial charge in [-0.2, -0.15) is 16.8 Å². The zero-order chi connectivity index (χ0) is 25.6. The van der Waals surface area contributed by atoms with E-state index in [0.29, 0.717) is 10.7 Å². The van der Waals surface area contributed by atoms with Crippen LogP contribution in [0.1, 0.15) is 0 Å². The molecule has 0 saturated carbocycles. The number of hydrogen-bond donors (Lipinski definition) is 0. The van der Waals surface area contributed by atoms with E-state index in [0.717, 1.165) is 65.3 Å². The minimum absolute atomic E-state index is 0.677. The number of benzene rings is 5. The molecule has 4 nitrogen and oxygen atoms in total. The van der Waals surface area contributed by atoms with E-state index < -0.39 is 0 Å². The monoisotopic (exact) mass is 482 g/mol. The molecule has 0 amide bonds. The molecule has 0 aromatic heterocycles. The lowest BCUT2D eigenvalue weighted by Gasteiger charge is -2.02. The van der Waals surface area contributed by atoms with Crippen molar-refractivity contribution in [3.05, 3.63) is 131 Å². The Morgan fingerprint density at radius 3 is 1.47 bits per heavy atom. The highest BCUT2D eigenvalue weighted by Gasteiger charge is 2.17. The fraction of sp³-hybridized carbons (Fsp3) is 0. The molecule has 0 unspecified atom stereocenters. The molecule has 0 N–H and O–H groups in total. The smallest absolute Gasteiger partial charge is 0.181 e. The number of rotatable bonds is 2. The third-order valence-corrected chi connectivity index (χ3v) is 7.32. The van der Waals surface area contributed by atoms with Crippen molar-refractivity contribution in [2.24, 2.45) is 10.1 Å². The average Bonchev–Trinajstić information content (AvgIpc) is 3.44. The lowest BCUT2D eigenvalue weighted by atomic mass is 10.0. The summed E-state index contributed by atoms with van der Waals surface area (Å²) in [6.07, 6.45) is 2.02. The highest BCUT2D eigenvalue weighted by Crippen LogP contribution is 2.35. The van der Waals surface area contributed by atoms with Gasteiger partial charge in [-0.15, -0.1) is 4.95 Å². The van der Waals surface area contributed by atoms with Crippen LogP contribution in [-0.4, -0.2) is 0 Å². The van der Waals surface area contributed by atoms with Crippen molar-refractivity contribution in [3.63, 3.8) is 0 Å². The summed E-state index contributed by atoms with van der Waals surface area (Å²) in [5.74, 6) is 0. The summed E-state index contributed by atoms with van der Waals surface area (Å²) in [4.78, 5) is 7.69. The topological polar surface area (TPSA) is 52.9 Å². The van der Waals surface area contributed by atoms with Crippen LogP contribution >= 0.6 is 0 Å². The normalized spacial score (nSPS) is 12.5. The van der Waals surface area contributed by atoms with Crippen LogP contribution in [0, 0.1) is 18.0 Å². The van der Waals surface area contributed by atoms with E-state index in [1.807, 2.05) is 42.6 Å². The fourth-order valence-corrected chi connectivity index (χ4v) is 5.63. The van der Waals surface area contributed by atoms with E-state index in [1.54, 1.807) is 0 Å². The first-order valence-corrected chi connectivity index (χ1v) is 12.3. The number of nitrogens with zero attached hydrogens (tertiary/aromatic N) is 4. The molecule has 174 valence electrons. The van der Waals surface area contributed by atoms with Crippen LogP contribution in [0.15, 0.2) is 119 Å². The van der Waals surface area contributed by atoms with Gasteiger partial charge >= 0.3 is 0 Å². The summed E-state index contributed by atoms with van der Waals surface area (Å²) in [6.45, 7) is 7.51. The predicted octanol–water partition coefficient (Wildman–Crippen LogP) is 7.63. The molecule has 7 aromatic rings. The predicted molar refractivity (Wildman–Crippen MR) is 153 cm³/mol. The van der Waals surface area contributed by atoms with Gasteiger partial charge in [0.1, 0.15) is 0 Å². The second kappa shape index (κ2) is 8.52. The van der Waals surface area contributed by atoms with Crippen molar-refractivity contribution >= 4 is 43.1 Å². The van der Waals surface area contributed by atoms with Gasteiger partial charge in [-0.3, -0.25) is 0 Å². The Morgan fingerprint density at radius 1 is 0.500 bits per heavy atom. The molecule has 0 bridgehead atoms. The van der Waals surface area contributed by atoms with Crippen molar-refractivity contribution in [3.8, 4) is 28.4 Å². The Balaban J connectivity index is 1.58. The average molecular weight is 483 g/mol. The van der Waals surface area contributed by atoms with Crippen LogP contribution < -0.4 is 10.7 Å². The molecule has 7 aromatic carbocycles. The minimum atomic E-state index is 0.677. The van der Waals surface area contributed by atoms with Crippen molar-refractivity contribution < 1.29 is 0 Å². The number of nitriles is 1. The SMILES string of the molecule is [C-]#[N+]/N=c1\c2cc(-c3ccccc3)ccc2c2cc3c(=NC#N)c4cc(-c5ccccc5)ccc4c3cc12. The maximum Gasteiger partial charge on any atom is 0.206 e. The Labute approximate surface area is 218 Å². The van der Waals surface area contributed by atoms with Crippen molar-refractivity contribution in [1.29, 1.82) is 5.26 Å². The third kappa shape index (κ3) is 3.22. The second-order valence-corrected chi connectivity index (χ2v) is 9.31. The molecule has 0 aliphatic carbocycles. The summed E-state index contributed by atoms with van der Waals surface area (Å²) in [7, 11) is 0. The van der Waals surface area contributed by atoms with Gasteiger partial charge in [-0.05, 0) is 68.1 Å². The first kappa shape index (κ1) is 21.7. The maximum atomic E-state index is 9.58. The zero-order valence-electron chi connectivity index (χ0n) is 20.2. The molecule has 38 heavy (non-hydrogen) atoms. The molecule has 0 saturated heterocycles. The quantitative estimate of drug-likeness (QED) is 0.142. The van der Waals surface area contributed by atoms with E-state index in [9.17, 15) is 5.26 Å². The Hall–Kier alpha value is -5.58. The van der Waals surface area contributed by atoms with Gasteiger partial charge in [0, 0.05) is 21.5 Å². The first-order valence-electron chi connectivity index (χ1n) is 12.3. The highest BCUT2D eigenvalue weighted by molar-refractivity contribution is 6.21. The molecule has 0 aliphatic rings. The van der Waals surface area contributed by atoms with Gasteiger partial charge in [-0.1, -0.05) is 84.9 Å². The lowest BCUT2D eigenvalue weighted by Crippen LogP contribution is -1.99. The molecular weight excluding hydrogens is 464 g/mol. The summed E-state index contributed by atoms with van der Waals surface area (Å²) in [5.41, 5.74) is 4.37. The highest BCUT2D eigenvalue weighted by atomic mass is 15.2. The number of fused-ring (bicyclic) bond motifs is 6. The molecule has 0 atom stereocenters. The molecule has 0 radical (unpaired) electrons. The molecular formula is C34H18N4. The standard InChI is InChI=1S/C34H18N4/c1-36-38-34-30-17-24(22-10-6-3-7-11-22)13-15-26(30)28-18-31-27(19-32(28)34)25-14-12-23(21-8-4-2-5-9-21)16-29(25)33(31)37-20-35/h2-19H/b37-33?,38-34+. The zero-order valence-corrected chi connectivity index (χ0v) is 20.2. The molecule has 4 heteroatoms. The summed E-state index contributed by atoms with van der Waals surface area (Å²) in [6, 6.07) is 37.3. The van der Waals surface area contributed by atoms with Gasteiger partial charge in [0.05, 0.1) is 10.5 Å². The Kier molecular flexibility index (Phi) is 4.86. The second-order valence-electron chi connectivity index (χ2n) is 9.31. The van der Waals surface area contributed by atoms with Gasteiger partial charge in [0.15, 0.2) is 5.36 Å². The van der Waals surface area contributed by atoms with Crippen LogP contribution in [0.5, 0.6) is 0 Å². The minimum Gasteiger partial charge on any atom is -0.181 e. The summed E-state index contributed by atoms with van der Waals surface area (Å²) in [5, 5.41) is 23.0. The molecule has 7 rings (SSSR count). The largest absolute Gasteiger partial charge is 0.206 e. The molecule has 0 fully saturated rings. The van der Waals surface area contributed by atoms with E-state index in [4.69, 9.17) is 6.57 Å². The molecule has 0 heterocycles. The van der Waals surface area contributed by atoms with Crippen LogP contribution in [0.4, 0.5) is 0 Å². The Morgan fingerprint density at radius 2 is 0.974 bits per heavy atom. The molecule has 0 aliphatic heterocycles.